The van der Waals surface area contributed by atoms with Crippen LogP contribution in [0, 0.1) is 0 Å². The average Bonchev–Trinajstić information content (AvgIpc) is 2.27. The lowest BCUT2D eigenvalue weighted by molar-refractivity contribution is -0.177. The summed E-state index contributed by atoms with van der Waals surface area (Å²) in [6.07, 6.45) is -5.15. The molecule has 0 radical (unpaired) electrons. The van der Waals surface area contributed by atoms with Crippen molar-refractivity contribution in [3.8, 4) is 0 Å². The number of aliphatic carboxylic acids is 1. The van der Waals surface area contributed by atoms with E-state index in [0.29, 0.717) is 0 Å². The fourth-order valence-corrected chi connectivity index (χ4v) is 2.08. The predicted octanol–water partition coefficient (Wildman–Crippen LogP) is 2.43. The van der Waals surface area contributed by atoms with Crippen LogP contribution < -0.4 is 5.32 Å². The van der Waals surface area contributed by atoms with E-state index in [4.69, 9.17) is 5.11 Å². The highest BCUT2D eigenvalue weighted by Crippen LogP contribution is 2.30. The van der Waals surface area contributed by atoms with Gasteiger partial charge in [-0.25, -0.2) is 4.79 Å². The Hall–Kier alpha value is -1.57. The summed E-state index contributed by atoms with van der Waals surface area (Å²) < 4.78 is 37.0. The standard InChI is InChI=1S/C11H9BrF3NO3/c1-10(9(18)19,16-8(17)11(13,14)15)6-4-2-3-5-7(6)12/h2-5H,1H3,(H,16,17)(H,18,19). The minimum atomic E-state index is -5.15. The molecule has 0 aliphatic carbocycles. The topological polar surface area (TPSA) is 66.4 Å². The van der Waals surface area contributed by atoms with E-state index in [1.165, 1.54) is 23.5 Å². The molecular weight excluding hydrogens is 331 g/mol. The van der Waals surface area contributed by atoms with Crippen LogP contribution in [0.15, 0.2) is 28.7 Å². The molecule has 0 aromatic heterocycles. The molecule has 0 spiro atoms. The van der Waals surface area contributed by atoms with Crippen molar-refractivity contribution < 1.29 is 27.9 Å². The van der Waals surface area contributed by atoms with Crippen molar-refractivity contribution in [2.24, 2.45) is 0 Å². The van der Waals surface area contributed by atoms with Crippen molar-refractivity contribution in [1.82, 2.24) is 5.32 Å². The first kappa shape index (κ1) is 15.5. The molecule has 2 N–H and O–H groups in total. The van der Waals surface area contributed by atoms with Crippen LogP contribution in [0.25, 0.3) is 0 Å². The first-order valence-electron chi connectivity index (χ1n) is 4.97. The van der Waals surface area contributed by atoms with Gasteiger partial charge in [-0.05, 0) is 13.0 Å². The Bertz CT molecular complexity index is 518. The molecule has 0 fully saturated rings. The number of carbonyl (C=O) groups excluding carboxylic acids is 1. The Balaban J connectivity index is 3.24. The van der Waals surface area contributed by atoms with Crippen LogP contribution in [0.3, 0.4) is 0 Å². The van der Waals surface area contributed by atoms with Gasteiger partial charge in [-0.2, -0.15) is 13.2 Å². The molecule has 4 nitrogen and oxygen atoms in total. The third-order valence-corrected chi connectivity index (χ3v) is 3.15. The monoisotopic (exact) mass is 339 g/mol. The molecule has 8 heteroatoms. The SMILES string of the molecule is CC(NC(=O)C(F)(F)F)(C(=O)O)c1ccccc1Br. The van der Waals surface area contributed by atoms with Crippen molar-refractivity contribution >= 4 is 27.8 Å². The number of hydrogen-bond donors (Lipinski definition) is 2. The second kappa shape index (κ2) is 5.20. The maximum Gasteiger partial charge on any atom is 0.471 e. The summed E-state index contributed by atoms with van der Waals surface area (Å²) in [6, 6.07) is 5.81. The van der Waals surface area contributed by atoms with E-state index in [0.717, 1.165) is 6.92 Å². The number of carbonyl (C=O) groups is 2. The summed E-state index contributed by atoms with van der Waals surface area (Å²) in [5, 5.41) is 10.6. The Labute approximate surface area is 114 Å². The smallest absolute Gasteiger partial charge is 0.471 e. The number of hydrogen-bond acceptors (Lipinski definition) is 2. The quantitative estimate of drug-likeness (QED) is 0.888. The van der Waals surface area contributed by atoms with E-state index in [9.17, 15) is 22.8 Å². The second-order valence-electron chi connectivity index (χ2n) is 3.86. The minimum absolute atomic E-state index is 0.0140. The molecule has 0 saturated carbocycles. The van der Waals surface area contributed by atoms with E-state index in [-0.39, 0.29) is 10.0 Å². The number of amides is 1. The Morgan fingerprint density at radius 1 is 1.26 bits per heavy atom. The molecule has 1 amide bonds. The van der Waals surface area contributed by atoms with Gasteiger partial charge in [0.25, 0.3) is 0 Å². The van der Waals surface area contributed by atoms with Gasteiger partial charge in [0.1, 0.15) is 0 Å². The fraction of sp³-hybridized carbons (Fsp3) is 0.273. The van der Waals surface area contributed by atoms with E-state index in [1.807, 2.05) is 0 Å². The molecule has 1 unspecified atom stereocenters. The summed E-state index contributed by atoms with van der Waals surface area (Å²) in [5.41, 5.74) is -2.17. The number of alkyl halides is 3. The van der Waals surface area contributed by atoms with Gasteiger partial charge in [0.15, 0.2) is 5.54 Å². The minimum Gasteiger partial charge on any atom is -0.479 e. The van der Waals surface area contributed by atoms with Gasteiger partial charge in [-0.15, -0.1) is 0 Å². The first-order chi connectivity index (χ1) is 8.59. The van der Waals surface area contributed by atoms with Crippen molar-refractivity contribution in [1.29, 1.82) is 0 Å². The molecule has 0 aliphatic heterocycles. The zero-order valence-electron chi connectivity index (χ0n) is 9.58. The van der Waals surface area contributed by atoms with Crippen molar-refractivity contribution in [2.45, 2.75) is 18.6 Å². The molecule has 0 aliphatic rings. The molecule has 19 heavy (non-hydrogen) atoms. The lowest BCUT2D eigenvalue weighted by Gasteiger charge is -2.28. The Morgan fingerprint density at radius 2 is 1.79 bits per heavy atom. The molecule has 1 aromatic carbocycles. The maximum absolute atomic E-state index is 12.2. The van der Waals surface area contributed by atoms with Crippen LogP contribution in [-0.2, 0) is 15.1 Å². The molecular formula is C11H9BrF3NO3. The number of rotatable bonds is 3. The lowest BCUT2D eigenvalue weighted by atomic mass is 9.92. The third kappa shape index (κ3) is 3.25. The summed E-state index contributed by atoms with van der Waals surface area (Å²) in [4.78, 5) is 22.2. The lowest BCUT2D eigenvalue weighted by Crippen LogP contribution is -2.53. The van der Waals surface area contributed by atoms with Gasteiger partial charge in [0.05, 0.1) is 0 Å². The normalized spacial score (nSPS) is 14.6. The summed E-state index contributed by atoms with van der Waals surface area (Å²) in [5.74, 6) is -3.91. The van der Waals surface area contributed by atoms with Gasteiger partial charge in [-0.3, -0.25) is 4.79 Å². The molecule has 0 bridgehead atoms. The van der Waals surface area contributed by atoms with E-state index >= 15 is 0 Å². The highest BCUT2D eigenvalue weighted by molar-refractivity contribution is 9.10. The molecule has 104 valence electrons. The maximum atomic E-state index is 12.2. The van der Waals surface area contributed by atoms with Crippen LogP contribution in [0.2, 0.25) is 0 Å². The van der Waals surface area contributed by atoms with Gasteiger partial charge < -0.3 is 10.4 Å². The van der Waals surface area contributed by atoms with E-state index in [2.05, 4.69) is 15.9 Å². The van der Waals surface area contributed by atoms with Crippen LogP contribution in [0.1, 0.15) is 12.5 Å². The van der Waals surface area contributed by atoms with Gasteiger partial charge in [0.2, 0.25) is 0 Å². The number of benzene rings is 1. The van der Waals surface area contributed by atoms with Crippen LogP contribution in [0.4, 0.5) is 13.2 Å². The predicted molar refractivity (Wildman–Crippen MR) is 63.3 cm³/mol. The van der Waals surface area contributed by atoms with Gasteiger partial charge in [-0.1, -0.05) is 34.1 Å². The number of nitrogens with one attached hydrogen (secondary N) is 1. The highest BCUT2D eigenvalue weighted by Gasteiger charge is 2.46. The number of halogens is 4. The van der Waals surface area contributed by atoms with Gasteiger partial charge >= 0.3 is 18.1 Å². The van der Waals surface area contributed by atoms with Crippen molar-refractivity contribution in [3.05, 3.63) is 34.3 Å². The zero-order valence-corrected chi connectivity index (χ0v) is 11.2. The van der Waals surface area contributed by atoms with E-state index in [1.54, 1.807) is 6.07 Å². The van der Waals surface area contributed by atoms with Crippen LogP contribution in [-0.4, -0.2) is 23.2 Å². The van der Waals surface area contributed by atoms with Gasteiger partial charge in [0, 0.05) is 10.0 Å². The largest absolute Gasteiger partial charge is 0.479 e. The molecule has 0 heterocycles. The number of carboxylic acid groups (broad SMARTS) is 1. The summed E-state index contributed by atoms with van der Waals surface area (Å²) >= 11 is 3.04. The average molecular weight is 340 g/mol. The fourth-order valence-electron chi connectivity index (χ4n) is 1.40. The Morgan fingerprint density at radius 3 is 2.21 bits per heavy atom. The number of carboxylic acids is 1. The summed E-state index contributed by atoms with van der Waals surface area (Å²) in [6.45, 7) is 0.985. The second-order valence-corrected chi connectivity index (χ2v) is 4.72. The third-order valence-electron chi connectivity index (χ3n) is 2.46. The molecule has 0 saturated heterocycles. The van der Waals surface area contributed by atoms with Crippen molar-refractivity contribution in [3.63, 3.8) is 0 Å². The molecule has 1 atom stereocenters. The van der Waals surface area contributed by atoms with Crippen LogP contribution in [0.5, 0.6) is 0 Å². The van der Waals surface area contributed by atoms with Crippen LogP contribution >= 0.6 is 15.9 Å². The Kier molecular flexibility index (Phi) is 4.24. The summed E-state index contributed by atoms with van der Waals surface area (Å²) in [7, 11) is 0. The highest BCUT2D eigenvalue weighted by atomic mass is 79.9. The van der Waals surface area contributed by atoms with E-state index < -0.39 is 23.6 Å². The first-order valence-corrected chi connectivity index (χ1v) is 5.76. The zero-order chi connectivity index (χ0) is 14.8. The molecule has 1 rings (SSSR count). The van der Waals surface area contributed by atoms with Crippen molar-refractivity contribution in [2.75, 3.05) is 0 Å². The molecule has 1 aromatic rings.